The minimum atomic E-state index is 1.16. The molecule has 0 bridgehead atoms. The molecule has 0 aliphatic heterocycles. The van der Waals surface area contributed by atoms with Crippen LogP contribution in [-0.4, -0.2) is 68.8 Å². The molecule has 4 heteroatoms. The van der Waals surface area contributed by atoms with E-state index >= 15 is 0 Å². The van der Waals surface area contributed by atoms with Crippen molar-refractivity contribution in [1.29, 1.82) is 0 Å². The van der Waals surface area contributed by atoms with Crippen molar-refractivity contribution < 1.29 is 0 Å². The molecule has 0 saturated carbocycles. The Hall–Kier alpha value is 0.310. The number of nitrogens with zero attached hydrogens (tertiary/aromatic N) is 3. The van der Waals surface area contributed by atoms with Crippen LogP contribution in [0.5, 0.6) is 0 Å². The largest absolute Gasteiger partial charge is 0.309 e. The quantitative estimate of drug-likeness (QED) is 0.564. The van der Waals surface area contributed by atoms with E-state index in [9.17, 15) is 0 Å². The normalized spacial score (nSPS) is 12.0. The summed E-state index contributed by atoms with van der Waals surface area (Å²) in [7, 11) is 11.3. The molecule has 0 fully saturated rings. The van der Waals surface area contributed by atoms with Gasteiger partial charge in [0.1, 0.15) is 0 Å². The summed E-state index contributed by atoms with van der Waals surface area (Å²) < 4.78 is 2.16. The third-order valence-electron chi connectivity index (χ3n) is 2.20. The molecular formula is C10H26N3P. The second-order valence-corrected chi connectivity index (χ2v) is 5.18. The highest BCUT2D eigenvalue weighted by molar-refractivity contribution is 7.13. The van der Waals surface area contributed by atoms with Gasteiger partial charge < -0.3 is 9.80 Å². The van der Waals surface area contributed by atoms with Crippen LogP contribution in [0.4, 0.5) is 0 Å². The lowest BCUT2D eigenvalue weighted by atomic mass is 10.3. The van der Waals surface area contributed by atoms with Gasteiger partial charge >= 0.3 is 0 Å². The van der Waals surface area contributed by atoms with E-state index in [1.165, 1.54) is 32.5 Å². The van der Waals surface area contributed by atoms with E-state index in [0.29, 0.717) is 0 Å². The monoisotopic (exact) mass is 219 g/mol. The smallest absolute Gasteiger partial charge is 0.00253 e. The maximum absolute atomic E-state index is 2.70. The van der Waals surface area contributed by atoms with E-state index in [1.54, 1.807) is 0 Å². The SMILES string of the molecule is CN(C)CCCN(C)CCCN(C)P. The van der Waals surface area contributed by atoms with Gasteiger partial charge in [0.2, 0.25) is 0 Å². The molecule has 0 saturated heterocycles. The molecule has 0 aliphatic carbocycles. The Morgan fingerprint density at radius 1 is 0.786 bits per heavy atom. The number of hydrogen-bond acceptors (Lipinski definition) is 3. The molecule has 0 aromatic carbocycles. The maximum atomic E-state index is 2.70. The van der Waals surface area contributed by atoms with Crippen molar-refractivity contribution in [2.24, 2.45) is 0 Å². The van der Waals surface area contributed by atoms with Gasteiger partial charge in [-0.05, 0) is 60.7 Å². The predicted molar refractivity (Wildman–Crippen MR) is 67.6 cm³/mol. The Bertz CT molecular complexity index is 115. The van der Waals surface area contributed by atoms with Crippen molar-refractivity contribution in [3.8, 4) is 0 Å². The van der Waals surface area contributed by atoms with Gasteiger partial charge in [-0.1, -0.05) is 9.39 Å². The third-order valence-corrected chi connectivity index (χ3v) is 2.45. The lowest BCUT2D eigenvalue weighted by Gasteiger charge is -2.19. The summed E-state index contributed by atoms with van der Waals surface area (Å²) in [4.78, 5) is 4.65. The fourth-order valence-corrected chi connectivity index (χ4v) is 1.54. The Morgan fingerprint density at radius 3 is 1.71 bits per heavy atom. The highest BCUT2D eigenvalue weighted by atomic mass is 31.0. The van der Waals surface area contributed by atoms with Gasteiger partial charge in [-0.2, -0.15) is 0 Å². The summed E-state index contributed by atoms with van der Waals surface area (Å²) in [6, 6.07) is 0. The zero-order valence-electron chi connectivity index (χ0n) is 10.2. The molecule has 0 spiro atoms. The van der Waals surface area contributed by atoms with Gasteiger partial charge in [-0.15, -0.1) is 0 Å². The van der Waals surface area contributed by atoms with Crippen molar-refractivity contribution in [1.82, 2.24) is 14.5 Å². The van der Waals surface area contributed by atoms with E-state index in [0.717, 1.165) is 6.54 Å². The first-order valence-corrected chi connectivity index (χ1v) is 5.83. The first-order chi connectivity index (χ1) is 6.52. The van der Waals surface area contributed by atoms with Crippen LogP contribution >= 0.6 is 9.39 Å². The molecule has 0 aromatic rings. The standard InChI is InChI=1S/C10H26N3P/c1-11(2)7-5-8-12(3)9-6-10-13(4)14/h5-10,14H2,1-4H3. The number of rotatable bonds is 8. The van der Waals surface area contributed by atoms with Crippen LogP contribution in [0, 0.1) is 0 Å². The molecule has 86 valence electrons. The lowest BCUT2D eigenvalue weighted by molar-refractivity contribution is 0.291. The molecule has 0 heterocycles. The van der Waals surface area contributed by atoms with Gasteiger partial charge in [0.05, 0.1) is 0 Å². The van der Waals surface area contributed by atoms with Crippen LogP contribution < -0.4 is 0 Å². The van der Waals surface area contributed by atoms with Crippen LogP contribution in [0.2, 0.25) is 0 Å². The zero-order chi connectivity index (χ0) is 11.0. The van der Waals surface area contributed by atoms with E-state index in [4.69, 9.17) is 0 Å². The second kappa shape index (κ2) is 8.60. The Labute approximate surface area is 91.7 Å². The van der Waals surface area contributed by atoms with Crippen LogP contribution in [0.25, 0.3) is 0 Å². The highest BCUT2D eigenvalue weighted by Crippen LogP contribution is 1.96. The van der Waals surface area contributed by atoms with Gasteiger partial charge in [0, 0.05) is 6.54 Å². The van der Waals surface area contributed by atoms with Crippen molar-refractivity contribution in [2.75, 3.05) is 54.4 Å². The van der Waals surface area contributed by atoms with E-state index < -0.39 is 0 Å². The molecular weight excluding hydrogens is 193 g/mol. The summed E-state index contributed by atoms with van der Waals surface area (Å²) in [6.07, 6.45) is 2.51. The highest BCUT2D eigenvalue weighted by Gasteiger charge is 1.99. The molecule has 0 aromatic heterocycles. The molecule has 1 unspecified atom stereocenters. The van der Waals surface area contributed by atoms with E-state index in [1.807, 2.05) is 0 Å². The van der Waals surface area contributed by atoms with E-state index in [-0.39, 0.29) is 0 Å². The van der Waals surface area contributed by atoms with Crippen LogP contribution in [0.1, 0.15) is 12.8 Å². The molecule has 0 N–H and O–H groups in total. The molecule has 1 atom stereocenters. The topological polar surface area (TPSA) is 9.72 Å². The average Bonchev–Trinajstić information content (AvgIpc) is 2.02. The summed E-state index contributed by atoms with van der Waals surface area (Å²) in [5.74, 6) is 0. The summed E-state index contributed by atoms with van der Waals surface area (Å²) in [5, 5.41) is 0. The van der Waals surface area contributed by atoms with Gasteiger partial charge in [0.25, 0.3) is 0 Å². The van der Waals surface area contributed by atoms with Crippen molar-refractivity contribution in [3.05, 3.63) is 0 Å². The molecule has 0 rings (SSSR count). The van der Waals surface area contributed by atoms with Crippen LogP contribution in [-0.2, 0) is 0 Å². The zero-order valence-corrected chi connectivity index (χ0v) is 11.3. The summed E-state index contributed by atoms with van der Waals surface area (Å²) in [6.45, 7) is 4.75. The molecule has 0 radical (unpaired) electrons. The van der Waals surface area contributed by atoms with Crippen molar-refractivity contribution in [3.63, 3.8) is 0 Å². The summed E-state index contributed by atoms with van der Waals surface area (Å²) >= 11 is 0. The van der Waals surface area contributed by atoms with Crippen molar-refractivity contribution in [2.45, 2.75) is 12.8 Å². The Morgan fingerprint density at radius 2 is 1.29 bits per heavy atom. The molecule has 0 amide bonds. The minimum absolute atomic E-state index is 1.16. The van der Waals surface area contributed by atoms with Crippen LogP contribution in [0.3, 0.4) is 0 Å². The second-order valence-electron chi connectivity index (χ2n) is 4.29. The van der Waals surface area contributed by atoms with E-state index in [2.05, 4.69) is 52.1 Å². The first kappa shape index (κ1) is 14.3. The fourth-order valence-electron chi connectivity index (χ4n) is 1.36. The molecule has 14 heavy (non-hydrogen) atoms. The third kappa shape index (κ3) is 10.4. The molecule has 3 nitrogen and oxygen atoms in total. The number of hydrogen-bond donors (Lipinski definition) is 0. The fraction of sp³-hybridized carbons (Fsp3) is 1.00. The predicted octanol–water partition coefficient (Wildman–Crippen LogP) is 0.982. The van der Waals surface area contributed by atoms with Gasteiger partial charge in [-0.25, -0.2) is 0 Å². The summed E-state index contributed by atoms with van der Waals surface area (Å²) in [5.41, 5.74) is 0. The maximum Gasteiger partial charge on any atom is 0.00253 e. The first-order valence-electron chi connectivity index (χ1n) is 5.31. The van der Waals surface area contributed by atoms with Gasteiger partial charge in [-0.3, -0.25) is 4.67 Å². The molecule has 0 aliphatic rings. The van der Waals surface area contributed by atoms with Crippen molar-refractivity contribution >= 4 is 9.39 Å². The minimum Gasteiger partial charge on any atom is -0.309 e. The Balaban J connectivity index is 3.23. The lowest BCUT2D eigenvalue weighted by Crippen LogP contribution is -2.26. The van der Waals surface area contributed by atoms with Gasteiger partial charge in [0.15, 0.2) is 0 Å². The average molecular weight is 219 g/mol. The Kier molecular flexibility index (Phi) is 8.80. The van der Waals surface area contributed by atoms with Crippen LogP contribution in [0.15, 0.2) is 0 Å².